The quantitative estimate of drug-likeness (QED) is 0.544. The summed E-state index contributed by atoms with van der Waals surface area (Å²) in [4.78, 5) is 0. The van der Waals surface area contributed by atoms with E-state index in [1.54, 1.807) is 0 Å². The van der Waals surface area contributed by atoms with Crippen molar-refractivity contribution in [2.24, 2.45) is 11.7 Å². The van der Waals surface area contributed by atoms with Gasteiger partial charge in [0, 0.05) is 6.54 Å². The molecule has 1 atom stereocenters. The lowest BCUT2D eigenvalue weighted by Crippen LogP contribution is -2.18. The van der Waals surface area contributed by atoms with Gasteiger partial charge in [0.15, 0.2) is 0 Å². The fourth-order valence-electron chi connectivity index (χ4n) is 0.554. The highest BCUT2D eigenvalue weighted by atomic mass is 14.8. The van der Waals surface area contributed by atoms with Gasteiger partial charge in [-0.15, -0.1) is 0 Å². The van der Waals surface area contributed by atoms with E-state index in [0.29, 0.717) is 6.54 Å². The Kier molecular flexibility index (Phi) is 5.18. The molecule has 0 amide bonds. The van der Waals surface area contributed by atoms with Crippen LogP contribution in [-0.2, 0) is 0 Å². The van der Waals surface area contributed by atoms with E-state index in [9.17, 15) is 0 Å². The molecule has 0 aromatic heterocycles. The van der Waals surface area contributed by atoms with Crippen molar-refractivity contribution in [3.63, 3.8) is 0 Å². The zero-order chi connectivity index (χ0) is 7.11. The molecule has 3 heteroatoms. The monoisotopic (exact) mass is 127 g/mol. The molecule has 0 radical (unpaired) electrons. The van der Waals surface area contributed by atoms with Gasteiger partial charge in [-0.05, 0) is 20.0 Å². The maximum atomic E-state index is 8.39. The second-order valence-electron chi connectivity index (χ2n) is 1.95. The molecule has 0 heterocycles. The van der Waals surface area contributed by atoms with E-state index in [1.807, 2.05) is 7.05 Å². The summed E-state index contributed by atoms with van der Waals surface area (Å²) in [5.74, 6) is 0.0254. The highest BCUT2D eigenvalue weighted by Gasteiger charge is 2.01. The van der Waals surface area contributed by atoms with Crippen molar-refractivity contribution >= 4 is 0 Å². The van der Waals surface area contributed by atoms with Crippen molar-refractivity contribution < 1.29 is 0 Å². The molecular weight excluding hydrogens is 114 g/mol. The normalized spacial score (nSPS) is 12.6. The van der Waals surface area contributed by atoms with Gasteiger partial charge in [0.25, 0.3) is 0 Å². The van der Waals surface area contributed by atoms with Crippen LogP contribution in [0.1, 0.15) is 6.42 Å². The maximum Gasteiger partial charge on any atom is 0.0669 e. The Balaban J connectivity index is 3.23. The van der Waals surface area contributed by atoms with Crippen molar-refractivity contribution in [2.45, 2.75) is 6.42 Å². The largest absolute Gasteiger partial charge is 0.329 e. The standard InChI is InChI=1S/C6H13N3/c1-9-3-2-6(4-7)5-8/h6,9H,2-4,7H2,1H3. The number of nitrogens with two attached hydrogens (primary N) is 1. The van der Waals surface area contributed by atoms with Gasteiger partial charge >= 0.3 is 0 Å². The minimum atomic E-state index is 0.0254. The average Bonchev–Trinajstić information content (AvgIpc) is 1.91. The molecule has 0 aromatic rings. The number of hydrogen-bond donors (Lipinski definition) is 2. The Bertz CT molecular complexity index is 95.0. The summed E-state index contributed by atoms with van der Waals surface area (Å²) in [6.07, 6.45) is 0.851. The first-order chi connectivity index (χ1) is 4.35. The second kappa shape index (κ2) is 5.54. The fourth-order valence-corrected chi connectivity index (χ4v) is 0.554. The summed E-state index contributed by atoms with van der Waals surface area (Å²) in [5, 5.41) is 11.4. The molecule has 0 saturated heterocycles. The van der Waals surface area contributed by atoms with Crippen LogP contribution in [0.15, 0.2) is 0 Å². The van der Waals surface area contributed by atoms with Crippen LogP contribution in [0.4, 0.5) is 0 Å². The summed E-state index contributed by atoms with van der Waals surface area (Å²) in [7, 11) is 1.87. The third kappa shape index (κ3) is 3.95. The zero-order valence-corrected chi connectivity index (χ0v) is 5.72. The molecule has 0 saturated carbocycles. The van der Waals surface area contributed by atoms with Gasteiger partial charge in [-0.3, -0.25) is 0 Å². The molecule has 52 valence electrons. The van der Waals surface area contributed by atoms with Crippen LogP contribution in [-0.4, -0.2) is 20.1 Å². The van der Waals surface area contributed by atoms with Crippen LogP contribution in [0.5, 0.6) is 0 Å². The summed E-state index contributed by atoms with van der Waals surface area (Å²) in [6.45, 7) is 1.34. The molecule has 1 unspecified atom stereocenters. The van der Waals surface area contributed by atoms with E-state index in [1.165, 1.54) is 0 Å². The SMILES string of the molecule is CNCCC(C#N)CN. The lowest BCUT2D eigenvalue weighted by atomic mass is 10.1. The Hall–Kier alpha value is -0.590. The van der Waals surface area contributed by atoms with Crippen LogP contribution in [0, 0.1) is 17.2 Å². The van der Waals surface area contributed by atoms with Crippen LogP contribution >= 0.6 is 0 Å². The van der Waals surface area contributed by atoms with Crippen molar-refractivity contribution in [3.05, 3.63) is 0 Å². The smallest absolute Gasteiger partial charge is 0.0669 e. The third-order valence-electron chi connectivity index (χ3n) is 1.21. The number of nitrogens with zero attached hydrogens (tertiary/aromatic N) is 1. The maximum absolute atomic E-state index is 8.39. The lowest BCUT2D eigenvalue weighted by molar-refractivity contribution is 0.586. The van der Waals surface area contributed by atoms with Crippen LogP contribution in [0.25, 0.3) is 0 Å². The molecule has 0 aromatic carbocycles. The van der Waals surface area contributed by atoms with Crippen LogP contribution in [0.3, 0.4) is 0 Å². The molecule has 9 heavy (non-hydrogen) atoms. The molecule has 0 rings (SSSR count). The number of nitriles is 1. The first-order valence-corrected chi connectivity index (χ1v) is 3.09. The van der Waals surface area contributed by atoms with Crippen molar-refractivity contribution in [1.29, 1.82) is 5.26 Å². The number of rotatable bonds is 4. The average molecular weight is 127 g/mol. The molecule has 3 N–H and O–H groups in total. The Morgan fingerprint density at radius 3 is 2.78 bits per heavy atom. The molecular formula is C6H13N3. The van der Waals surface area contributed by atoms with Gasteiger partial charge in [0.2, 0.25) is 0 Å². The number of hydrogen-bond acceptors (Lipinski definition) is 3. The van der Waals surface area contributed by atoms with E-state index in [-0.39, 0.29) is 5.92 Å². The Morgan fingerprint density at radius 1 is 1.78 bits per heavy atom. The van der Waals surface area contributed by atoms with Gasteiger partial charge in [0.1, 0.15) is 0 Å². The van der Waals surface area contributed by atoms with E-state index in [0.717, 1.165) is 13.0 Å². The topological polar surface area (TPSA) is 61.8 Å². The molecule has 0 spiro atoms. The summed E-state index contributed by atoms with van der Waals surface area (Å²) in [5.41, 5.74) is 5.27. The summed E-state index contributed by atoms with van der Waals surface area (Å²) >= 11 is 0. The van der Waals surface area contributed by atoms with Gasteiger partial charge in [-0.1, -0.05) is 0 Å². The van der Waals surface area contributed by atoms with Crippen molar-refractivity contribution in [2.75, 3.05) is 20.1 Å². The second-order valence-corrected chi connectivity index (χ2v) is 1.95. The molecule has 3 nitrogen and oxygen atoms in total. The molecule has 0 aliphatic heterocycles. The lowest BCUT2D eigenvalue weighted by Gasteiger charge is -2.02. The van der Waals surface area contributed by atoms with Crippen molar-refractivity contribution in [3.8, 4) is 6.07 Å². The van der Waals surface area contributed by atoms with Crippen LogP contribution < -0.4 is 11.1 Å². The van der Waals surface area contributed by atoms with Crippen LogP contribution in [0.2, 0.25) is 0 Å². The van der Waals surface area contributed by atoms with Crippen molar-refractivity contribution in [1.82, 2.24) is 5.32 Å². The predicted molar refractivity (Wildman–Crippen MR) is 36.7 cm³/mol. The molecule has 0 bridgehead atoms. The molecule has 0 fully saturated rings. The summed E-state index contributed by atoms with van der Waals surface area (Å²) in [6, 6.07) is 2.12. The van der Waals surface area contributed by atoms with E-state index in [2.05, 4.69) is 11.4 Å². The third-order valence-corrected chi connectivity index (χ3v) is 1.21. The van der Waals surface area contributed by atoms with Gasteiger partial charge < -0.3 is 11.1 Å². The molecule has 0 aliphatic carbocycles. The predicted octanol–water partition coefficient (Wildman–Crippen LogP) is -0.306. The minimum absolute atomic E-state index is 0.0254. The first-order valence-electron chi connectivity index (χ1n) is 3.09. The highest BCUT2D eigenvalue weighted by Crippen LogP contribution is 1.95. The zero-order valence-electron chi connectivity index (χ0n) is 5.72. The first kappa shape index (κ1) is 8.41. The minimum Gasteiger partial charge on any atom is -0.329 e. The van der Waals surface area contributed by atoms with E-state index < -0.39 is 0 Å². The summed E-state index contributed by atoms with van der Waals surface area (Å²) < 4.78 is 0. The van der Waals surface area contributed by atoms with Gasteiger partial charge in [-0.25, -0.2) is 0 Å². The Labute approximate surface area is 55.8 Å². The fraction of sp³-hybridized carbons (Fsp3) is 0.833. The molecule has 0 aliphatic rings. The van der Waals surface area contributed by atoms with E-state index >= 15 is 0 Å². The Morgan fingerprint density at radius 2 is 2.44 bits per heavy atom. The number of nitrogens with one attached hydrogen (secondary N) is 1. The van der Waals surface area contributed by atoms with Gasteiger partial charge in [0.05, 0.1) is 12.0 Å². The highest BCUT2D eigenvalue weighted by molar-refractivity contribution is 4.83. The van der Waals surface area contributed by atoms with Gasteiger partial charge in [-0.2, -0.15) is 5.26 Å². The van der Waals surface area contributed by atoms with E-state index in [4.69, 9.17) is 11.0 Å².